The van der Waals surface area contributed by atoms with E-state index in [1.807, 2.05) is 24.3 Å². The molecule has 2 rings (SSSR count). The van der Waals surface area contributed by atoms with Crippen LogP contribution in [-0.4, -0.2) is 18.2 Å². The van der Waals surface area contributed by atoms with E-state index >= 15 is 0 Å². The second-order valence-corrected chi connectivity index (χ2v) is 4.39. The quantitative estimate of drug-likeness (QED) is 0.342. The number of benzene rings is 2. The van der Waals surface area contributed by atoms with Gasteiger partial charge < -0.3 is 21.0 Å². The molecule has 2 aromatic rings. The first kappa shape index (κ1) is 14.6. The third-order valence-corrected chi connectivity index (χ3v) is 2.95. The van der Waals surface area contributed by atoms with E-state index in [4.69, 9.17) is 15.7 Å². The summed E-state index contributed by atoms with van der Waals surface area (Å²) in [5.41, 5.74) is 7.28. The molecule has 21 heavy (non-hydrogen) atoms. The van der Waals surface area contributed by atoms with Crippen LogP contribution in [0.25, 0.3) is 0 Å². The lowest BCUT2D eigenvalue weighted by Gasteiger charge is -2.11. The fraction of sp³-hybridized carbons (Fsp3) is 0.133. The predicted molar refractivity (Wildman–Crippen MR) is 79.2 cm³/mol. The van der Waals surface area contributed by atoms with Gasteiger partial charge in [-0.05, 0) is 35.9 Å². The van der Waals surface area contributed by atoms with Crippen molar-refractivity contribution in [3.63, 3.8) is 0 Å². The van der Waals surface area contributed by atoms with Crippen molar-refractivity contribution in [3.8, 4) is 5.75 Å². The van der Waals surface area contributed by atoms with E-state index in [1.54, 1.807) is 13.2 Å². The average Bonchev–Trinajstić information content (AvgIpc) is 2.51. The molecule has 0 bridgehead atoms. The molecule has 2 aromatic carbocycles. The zero-order valence-electron chi connectivity index (χ0n) is 11.5. The minimum Gasteiger partial charge on any atom is -0.495 e. The molecule has 0 aliphatic rings. The number of ether oxygens (including phenoxy) is 1. The molecule has 110 valence electrons. The molecule has 0 spiro atoms. The molecule has 0 heterocycles. The summed E-state index contributed by atoms with van der Waals surface area (Å²) >= 11 is 0. The van der Waals surface area contributed by atoms with Crippen LogP contribution in [0.1, 0.15) is 11.1 Å². The lowest BCUT2D eigenvalue weighted by atomic mass is 10.1. The summed E-state index contributed by atoms with van der Waals surface area (Å²) in [5.74, 6) is 0.120. The maximum Gasteiger partial charge on any atom is 0.170 e. The highest BCUT2D eigenvalue weighted by molar-refractivity contribution is 5.97. The Morgan fingerprint density at radius 1 is 1.33 bits per heavy atom. The van der Waals surface area contributed by atoms with Gasteiger partial charge in [0.05, 0.1) is 12.8 Å². The number of rotatable bonds is 5. The number of methoxy groups -OCH3 is 1. The van der Waals surface area contributed by atoms with Crippen molar-refractivity contribution in [2.75, 3.05) is 12.4 Å². The molecule has 0 amide bonds. The number of nitrogens with one attached hydrogen (secondary N) is 1. The van der Waals surface area contributed by atoms with Crippen molar-refractivity contribution in [2.24, 2.45) is 10.9 Å². The Balaban J connectivity index is 2.18. The van der Waals surface area contributed by atoms with E-state index in [2.05, 4.69) is 10.5 Å². The van der Waals surface area contributed by atoms with Gasteiger partial charge in [0.2, 0.25) is 0 Å². The standard InChI is InChI=1S/C15H16FN3O2/c1-21-14-5-3-2-4-13(14)18-9-10-6-11(15(17)19-20)8-12(16)7-10/h2-8,18,20H,9H2,1H3,(H2,17,19). The van der Waals surface area contributed by atoms with Crippen molar-refractivity contribution in [3.05, 3.63) is 59.4 Å². The summed E-state index contributed by atoms with van der Waals surface area (Å²) in [7, 11) is 1.58. The van der Waals surface area contributed by atoms with Crippen molar-refractivity contribution < 1.29 is 14.3 Å². The SMILES string of the molecule is COc1ccccc1NCc1cc(F)cc(/C(N)=N/O)c1. The zero-order valence-corrected chi connectivity index (χ0v) is 11.5. The highest BCUT2D eigenvalue weighted by Gasteiger charge is 2.06. The smallest absolute Gasteiger partial charge is 0.170 e. The molecule has 4 N–H and O–H groups in total. The van der Waals surface area contributed by atoms with E-state index in [0.29, 0.717) is 23.4 Å². The summed E-state index contributed by atoms with van der Waals surface area (Å²) in [6.07, 6.45) is 0. The summed E-state index contributed by atoms with van der Waals surface area (Å²) in [6, 6.07) is 11.7. The molecule has 0 aromatic heterocycles. The number of nitrogens with zero attached hydrogens (tertiary/aromatic N) is 1. The van der Waals surface area contributed by atoms with E-state index in [1.165, 1.54) is 12.1 Å². The Kier molecular flexibility index (Phi) is 4.61. The van der Waals surface area contributed by atoms with Gasteiger partial charge in [-0.3, -0.25) is 0 Å². The Morgan fingerprint density at radius 3 is 2.81 bits per heavy atom. The van der Waals surface area contributed by atoms with Gasteiger partial charge in [-0.2, -0.15) is 0 Å². The first-order valence-electron chi connectivity index (χ1n) is 6.28. The lowest BCUT2D eigenvalue weighted by Crippen LogP contribution is -2.14. The maximum absolute atomic E-state index is 13.6. The van der Waals surface area contributed by atoms with E-state index < -0.39 is 5.82 Å². The summed E-state index contributed by atoms with van der Waals surface area (Å²) in [5, 5.41) is 14.7. The molecule has 5 nitrogen and oxygen atoms in total. The molecule has 0 saturated carbocycles. The second-order valence-electron chi connectivity index (χ2n) is 4.39. The molecule has 0 aliphatic heterocycles. The number of para-hydroxylation sites is 2. The fourth-order valence-corrected chi connectivity index (χ4v) is 1.95. The van der Waals surface area contributed by atoms with E-state index in [-0.39, 0.29) is 5.84 Å². The topological polar surface area (TPSA) is 79.9 Å². The van der Waals surface area contributed by atoms with Gasteiger partial charge in [0.1, 0.15) is 11.6 Å². The van der Waals surface area contributed by atoms with Gasteiger partial charge in [-0.25, -0.2) is 4.39 Å². The fourth-order valence-electron chi connectivity index (χ4n) is 1.95. The molecule has 6 heteroatoms. The van der Waals surface area contributed by atoms with Gasteiger partial charge in [-0.15, -0.1) is 0 Å². The van der Waals surface area contributed by atoms with Crippen molar-refractivity contribution in [2.45, 2.75) is 6.54 Å². The highest BCUT2D eigenvalue weighted by atomic mass is 19.1. The first-order valence-corrected chi connectivity index (χ1v) is 6.28. The normalized spacial score (nSPS) is 11.2. The third-order valence-electron chi connectivity index (χ3n) is 2.95. The second kappa shape index (κ2) is 6.60. The Hall–Kier alpha value is -2.76. The molecule has 0 aliphatic carbocycles. The van der Waals surface area contributed by atoms with Gasteiger partial charge in [0.25, 0.3) is 0 Å². The van der Waals surface area contributed by atoms with Gasteiger partial charge in [0.15, 0.2) is 5.84 Å². The number of oxime groups is 1. The summed E-state index contributed by atoms with van der Waals surface area (Å²) in [4.78, 5) is 0. The average molecular weight is 289 g/mol. The number of nitrogens with two attached hydrogens (primary N) is 1. The Labute approximate surface area is 121 Å². The molecular formula is C15H16FN3O2. The lowest BCUT2D eigenvalue weighted by molar-refractivity contribution is 0.318. The van der Waals surface area contributed by atoms with Crippen LogP contribution in [0.4, 0.5) is 10.1 Å². The summed E-state index contributed by atoms with van der Waals surface area (Å²) < 4.78 is 18.8. The van der Waals surface area contributed by atoms with Crippen LogP contribution in [0.5, 0.6) is 5.75 Å². The molecule has 0 atom stereocenters. The minimum absolute atomic E-state index is 0.131. The third kappa shape index (κ3) is 3.62. The minimum atomic E-state index is -0.448. The molecule has 0 radical (unpaired) electrons. The van der Waals surface area contributed by atoms with Crippen LogP contribution in [0.3, 0.4) is 0 Å². The van der Waals surface area contributed by atoms with Crippen LogP contribution in [0.2, 0.25) is 0 Å². The van der Waals surface area contributed by atoms with Crippen molar-refractivity contribution in [1.82, 2.24) is 0 Å². The molecule has 0 fully saturated rings. The van der Waals surface area contributed by atoms with Crippen LogP contribution in [0.15, 0.2) is 47.6 Å². The maximum atomic E-state index is 13.6. The van der Waals surface area contributed by atoms with Crippen LogP contribution in [0, 0.1) is 5.82 Å². The van der Waals surface area contributed by atoms with Crippen molar-refractivity contribution >= 4 is 11.5 Å². The van der Waals surface area contributed by atoms with Crippen LogP contribution < -0.4 is 15.8 Å². The molecular weight excluding hydrogens is 273 g/mol. The number of hydrogen-bond acceptors (Lipinski definition) is 4. The predicted octanol–water partition coefficient (Wildman–Crippen LogP) is 2.54. The number of amidine groups is 1. The zero-order chi connectivity index (χ0) is 15.2. The number of halogens is 1. The highest BCUT2D eigenvalue weighted by Crippen LogP contribution is 2.23. The molecule has 0 unspecified atom stereocenters. The van der Waals surface area contributed by atoms with Crippen molar-refractivity contribution in [1.29, 1.82) is 0 Å². The first-order chi connectivity index (χ1) is 10.1. The van der Waals surface area contributed by atoms with E-state index in [9.17, 15) is 4.39 Å². The van der Waals surface area contributed by atoms with Gasteiger partial charge in [-0.1, -0.05) is 17.3 Å². The monoisotopic (exact) mass is 289 g/mol. The Morgan fingerprint density at radius 2 is 2.10 bits per heavy atom. The van der Waals surface area contributed by atoms with Crippen LogP contribution in [-0.2, 0) is 6.54 Å². The van der Waals surface area contributed by atoms with Gasteiger partial charge >= 0.3 is 0 Å². The Bertz CT molecular complexity index is 659. The molecule has 0 saturated heterocycles. The number of hydrogen-bond donors (Lipinski definition) is 3. The van der Waals surface area contributed by atoms with Gasteiger partial charge in [0, 0.05) is 12.1 Å². The van der Waals surface area contributed by atoms with E-state index in [0.717, 1.165) is 5.69 Å². The largest absolute Gasteiger partial charge is 0.495 e. The summed E-state index contributed by atoms with van der Waals surface area (Å²) in [6.45, 7) is 0.379. The number of anilines is 1. The van der Waals surface area contributed by atoms with Crippen LogP contribution >= 0.6 is 0 Å².